The van der Waals surface area contributed by atoms with Gasteiger partial charge in [0.1, 0.15) is 0 Å². The fourth-order valence-corrected chi connectivity index (χ4v) is 4.17. The van der Waals surface area contributed by atoms with E-state index in [0.29, 0.717) is 24.8 Å². The Kier molecular flexibility index (Phi) is 12.2. The Morgan fingerprint density at radius 1 is 1.22 bits per heavy atom. The van der Waals surface area contributed by atoms with Crippen LogP contribution >= 0.6 is 24.8 Å². The van der Waals surface area contributed by atoms with Crippen LogP contribution in [0.15, 0.2) is 30.3 Å². The van der Waals surface area contributed by atoms with E-state index >= 15 is 0 Å². The molecule has 0 radical (unpaired) electrons. The van der Waals surface area contributed by atoms with E-state index in [2.05, 4.69) is 49.1 Å². The SMILES string of the molecule is COC(CN)CC(=O)N(C)C1C(C)CN(Cc2ccccc2)CC1C.Cl.Cl. The molecule has 1 fully saturated rings. The van der Waals surface area contributed by atoms with Gasteiger partial charge >= 0.3 is 0 Å². The number of amides is 1. The van der Waals surface area contributed by atoms with Gasteiger partial charge in [0.25, 0.3) is 0 Å². The lowest BCUT2D eigenvalue weighted by atomic mass is 9.84. The second-order valence-corrected chi connectivity index (χ2v) is 7.43. The van der Waals surface area contributed by atoms with Crippen molar-refractivity contribution >= 4 is 30.7 Å². The second kappa shape index (κ2) is 12.6. The van der Waals surface area contributed by atoms with Crippen molar-refractivity contribution in [1.29, 1.82) is 0 Å². The monoisotopic (exact) mass is 419 g/mol. The van der Waals surface area contributed by atoms with Gasteiger partial charge in [-0.2, -0.15) is 0 Å². The van der Waals surface area contributed by atoms with Crippen LogP contribution in [-0.2, 0) is 16.1 Å². The van der Waals surface area contributed by atoms with Gasteiger partial charge in [0, 0.05) is 46.4 Å². The molecule has 3 unspecified atom stereocenters. The van der Waals surface area contributed by atoms with E-state index in [1.165, 1.54) is 5.56 Å². The molecule has 3 atom stereocenters. The molecular weight excluding hydrogens is 385 g/mol. The molecule has 0 spiro atoms. The van der Waals surface area contributed by atoms with Gasteiger partial charge in [-0.3, -0.25) is 9.69 Å². The first kappa shape index (κ1) is 26.1. The van der Waals surface area contributed by atoms with Gasteiger partial charge in [0.05, 0.1) is 12.5 Å². The van der Waals surface area contributed by atoms with Crippen LogP contribution in [0.3, 0.4) is 0 Å². The second-order valence-electron chi connectivity index (χ2n) is 7.43. The fraction of sp³-hybridized carbons (Fsp3) is 0.650. The predicted octanol–water partition coefficient (Wildman–Crippen LogP) is 2.81. The van der Waals surface area contributed by atoms with Crippen LogP contribution in [0.1, 0.15) is 25.8 Å². The molecule has 1 aliphatic rings. The van der Waals surface area contributed by atoms with Crippen molar-refractivity contribution in [3.05, 3.63) is 35.9 Å². The maximum atomic E-state index is 12.6. The number of carbonyl (C=O) groups is 1. The molecule has 0 saturated carbocycles. The van der Waals surface area contributed by atoms with Crippen molar-refractivity contribution in [3.63, 3.8) is 0 Å². The topological polar surface area (TPSA) is 58.8 Å². The van der Waals surface area contributed by atoms with Crippen LogP contribution in [0.5, 0.6) is 0 Å². The Morgan fingerprint density at radius 3 is 2.26 bits per heavy atom. The first-order chi connectivity index (χ1) is 12.0. The third-order valence-corrected chi connectivity index (χ3v) is 5.35. The van der Waals surface area contributed by atoms with Crippen LogP contribution in [0, 0.1) is 11.8 Å². The fourth-order valence-electron chi connectivity index (χ4n) is 4.17. The van der Waals surface area contributed by atoms with E-state index in [4.69, 9.17) is 10.5 Å². The van der Waals surface area contributed by atoms with Gasteiger partial charge < -0.3 is 15.4 Å². The van der Waals surface area contributed by atoms with Gasteiger partial charge in [0.2, 0.25) is 5.91 Å². The van der Waals surface area contributed by atoms with E-state index < -0.39 is 0 Å². The summed E-state index contributed by atoms with van der Waals surface area (Å²) in [4.78, 5) is 17.0. The number of carbonyl (C=O) groups excluding carboxylic acids is 1. The third kappa shape index (κ3) is 7.24. The van der Waals surface area contributed by atoms with Crippen molar-refractivity contribution in [2.75, 3.05) is 33.8 Å². The maximum absolute atomic E-state index is 12.6. The normalized spacial score (nSPS) is 23.7. The predicted molar refractivity (Wildman–Crippen MR) is 116 cm³/mol. The van der Waals surface area contributed by atoms with Crippen LogP contribution in [0.4, 0.5) is 0 Å². The maximum Gasteiger partial charge on any atom is 0.225 e. The number of methoxy groups -OCH3 is 1. The number of likely N-dealkylation sites (tertiary alicyclic amines) is 1. The first-order valence-corrected chi connectivity index (χ1v) is 9.21. The molecule has 1 aromatic rings. The van der Waals surface area contributed by atoms with Gasteiger partial charge in [-0.15, -0.1) is 24.8 Å². The number of ether oxygens (including phenoxy) is 1. The Hall–Kier alpha value is -0.850. The lowest BCUT2D eigenvalue weighted by Crippen LogP contribution is -2.55. The minimum absolute atomic E-state index is 0. The van der Waals surface area contributed by atoms with Crippen LogP contribution < -0.4 is 5.73 Å². The first-order valence-electron chi connectivity index (χ1n) is 9.21. The molecule has 2 rings (SSSR count). The Bertz CT molecular complexity index is 531. The smallest absolute Gasteiger partial charge is 0.225 e. The summed E-state index contributed by atoms with van der Waals surface area (Å²) in [6, 6.07) is 10.8. The van der Waals surface area contributed by atoms with Crippen molar-refractivity contribution < 1.29 is 9.53 Å². The summed E-state index contributed by atoms with van der Waals surface area (Å²) < 4.78 is 5.26. The summed E-state index contributed by atoms with van der Waals surface area (Å²) in [6.45, 7) is 7.85. The number of nitrogens with two attached hydrogens (primary N) is 1. The van der Waals surface area contributed by atoms with E-state index in [1.54, 1.807) is 7.11 Å². The Labute approximate surface area is 176 Å². The highest BCUT2D eigenvalue weighted by Crippen LogP contribution is 2.27. The lowest BCUT2D eigenvalue weighted by molar-refractivity contribution is -0.138. The van der Waals surface area contributed by atoms with Gasteiger partial charge in [-0.25, -0.2) is 0 Å². The zero-order chi connectivity index (χ0) is 18.4. The number of hydrogen-bond donors (Lipinski definition) is 1. The molecule has 1 aliphatic heterocycles. The van der Waals surface area contributed by atoms with Crippen molar-refractivity contribution in [3.8, 4) is 0 Å². The standard InChI is InChI=1S/C20H33N3O2.2ClH/c1-15-12-23(14-17-8-6-5-7-9-17)13-16(2)20(15)22(3)19(24)10-18(11-21)25-4;;/h5-9,15-16,18,20H,10-14,21H2,1-4H3;2*1H. The van der Waals surface area contributed by atoms with E-state index in [9.17, 15) is 4.79 Å². The average molecular weight is 420 g/mol. The highest BCUT2D eigenvalue weighted by Gasteiger charge is 2.36. The third-order valence-electron chi connectivity index (χ3n) is 5.35. The van der Waals surface area contributed by atoms with Gasteiger partial charge in [-0.05, 0) is 17.4 Å². The Morgan fingerprint density at radius 2 is 1.78 bits per heavy atom. The number of nitrogens with zero attached hydrogens (tertiary/aromatic N) is 2. The molecule has 1 aromatic carbocycles. The number of halogens is 2. The van der Waals surface area contributed by atoms with E-state index in [-0.39, 0.29) is 42.9 Å². The van der Waals surface area contributed by atoms with Crippen LogP contribution in [0.25, 0.3) is 0 Å². The number of piperidine rings is 1. The van der Waals surface area contributed by atoms with E-state index in [0.717, 1.165) is 19.6 Å². The molecule has 27 heavy (non-hydrogen) atoms. The summed E-state index contributed by atoms with van der Waals surface area (Å²) in [5.74, 6) is 0.984. The molecule has 7 heteroatoms. The summed E-state index contributed by atoms with van der Waals surface area (Å²) in [6.07, 6.45) is 0.159. The lowest BCUT2D eigenvalue weighted by Gasteiger charge is -2.45. The van der Waals surface area contributed by atoms with E-state index in [1.807, 2.05) is 11.9 Å². The number of hydrogen-bond acceptors (Lipinski definition) is 4. The zero-order valence-electron chi connectivity index (χ0n) is 16.8. The number of benzene rings is 1. The molecule has 1 amide bonds. The Balaban J connectivity index is 0.00000338. The minimum Gasteiger partial charge on any atom is -0.380 e. The summed E-state index contributed by atoms with van der Waals surface area (Å²) >= 11 is 0. The molecule has 2 N–H and O–H groups in total. The molecule has 156 valence electrons. The largest absolute Gasteiger partial charge is 0.380 e. The molecule has 0 aromatic heterocycles. The number of rotatable bonds is 7. The van der Waals surface area contributed by atoms with Crippen molar-refractivity contribution in [2.24, 2.45) is 17.6 Å². The van der Waals surface area contributed by atoms with Crippen molar-refractivity contribution in [1.82, 2.24) is 9.80 Å². The highest BCUT2D eigenvalue weighted by molar-refractivity contribution is 5.85. The minimum atomic E-state index is -0.196. The van der Waals surface area contributed by atoms with Crippen LogP contribution in [0.2, 0.25) is 0 Å². The quantitative estimate of drug-likeness (QED) is 0.737. The molecule has 1 saturated heterocycles. The molecule has 5 nitrogen and oxygen atoms in total. The summed E-state index contributed by atoms with van der Waals surface area (Å²) in [7, 11) is 3.54. The van der Waals surface area contributed by atoms with Gasteiger partial charge in [-0.1, -0.05) is 44.2 Å². The molecular formula is C20H35Cl2N3O2. The zero-order valence-corrected chi connectivity index (χ0v) is 18.5. The van der Waals surface area contributed by atoms with Crippen molar-refractivity contribution in [2.45, 2.75) is 39.0 Å². The molecule has 0 bridgehead atoms. The average Bonchev–Trinajstić information content (AvgIpc) is 2.59. The van der Waals surface area contributed by atoms with Gasteiger partial charge in [0.15, 0.2) is 0 Å². The molecule has 1 heterocycles. The highest BCUT2D eigenvalue weighted by atomic mass is 35.5. The summed E-state index contributed by atoms with van der Waals surface area (Å²) in [5.41, 5.74) is 7.00. The summed E-state index contributed by atoms with van der Waals surface area (Å²) in [5, 5.41) is 0. The molecule has 0 aliphatic carbocycles. The van der Waals surface area contributed by atoms with Crippen LogP contribution in [-0.4, -0.2) is 61.6 Å².